The molecule has 0 aliphatic carbocycles. The van der Waals surface area contributed by atoms with Crippen LogP contribution in [0, 0.1) is 0 Å². The summed E-state index contributed by atoms with van der Waals surface area (Å²) in [6.45, 7) is 0. The molecule has 0 spiro atoms. The van der Waals surface area contributed by atoms with Crippen molar-refractivity contribution in [1.29, 1.82) is 0 Å². The molecule has 3 heteroatoms. The summed E-state index contributed by atoms with van der Waals surface area (Å²) in [5.41, 5.74) is 17.3. The third-order valence-electron chi connectivity index (χ3n) is 19.8. The lowest BCUT2D eigenvalue weighted by molar-refractivity contribution is 1.63. The van der Waals surface area contributed by atoms with Gasteiger partial charge in [0.15, 0.2) is 0 Å². The van der Waals surface area contributed by atoms with Crippen molar-refractivity contribution >= 4 is 159 Å². The molecule has 0 aliphatic rings. The Morgan fingerprint density at radius 2 is 0.419 bits per heavy atom. The van der Waals surface area contributed by atoms with E-state index in [-0.39, 0.29) is 0 Å². The van der Waals surface area contributed by atoms with Crippen LogP contribution < -0.4 is 0 Å². The maximum Gasteiger partial charge on any atom is 0.0434 e. The van der Waals surface area contributed by atoms with Gasteiger partial charge in [-0.15, -0.1) is 34.0 Å². The SMILES string of the molecule is c1ccc(-c2cc(-c3ccc4c5ccccc5c5cc(-c6cccc(-c7cccc8c7sc7ccccc78)c6)ccc5c4c3)cc3c2sc2c(-c4cccc(-c5cccc6c5sc5c(-c7ccc8c9ccccc9c9ccccc9c8c7)cccc56)c4)cccc23)cc1. The third-order valence-corrected chi connectivity index (χ3v) is 23.6. The highest BCUT2D eigenvalue weighted by atomic mass is 32.1. The molecule has 430 valence electrons. The molecule has 0 N–H and O–H groups in total. The van der Waals surface area contributed by atoms with Crippen LogP contribution in [-0.4, -0.2) is 0 Å². The minimum atomic E-state index is 1.20. The normalized spacial score (nSPS) is 12.1. The molecule has 17 aromatic carbocycles. The van der Waals surface area contributed by atoms with Gasteiger partial charge in [-0.1, -0.05) is 267 Å². The van der Waals surface area contributed by atoms with Crippen molar-refractivity contribution in [3.63, 3.8) is 0 Å². The van der Waals surface area contributed by atoms with Gasteiger partial charge in [-0.25, -0.2) is 0 Å². The Bertz CT molecular complexity index is 6520. The highest BCUT2D eigenvalue weighted by Gasteiger charge is 2.21. The minimum Gasteiger partial charge on any atom is -0.135 e. The maximum absolute atomic E-state index is 2.47. The van der Waals surface area contributed by atoms with E-state index in [1.54, 1.807) is 0 Å². The first-order valence-corrected chi connectivity index (χ1v) is 34.4. The van der Waals surface area contributed by atoms with Crippen LogP contribution in [0.15, 0.2) is 315 Å². The highest BCUT2D eigenvalue weighted by molar-refractivity contribution is 7.27. The van der Waals surface area contributed by atoms with Crippen molar-refractivity contribution in [2.45, 2.75) is 0 Å². The van der Waals surface area contributed by atoms with Gasteiger partial charge in [-0.05, 0) is 185 Å². The third kappa shape index (κ3) is 8.21. The fourth-order valence-corrected chi connectivity index (χ4v) is 19.5. The summed E-state index contributed by atoms with van der Waals surface area (Å²) >= 11 is 5.74. The average molecular weight is 1230 g/mol. The van der Waals surface area contributed by atoms with E-state index >= 15 is 0 Å². The molecule has 0 saturated carbocycles. The van der Waals surface area contributed by atoms with Crippen molar-refractivity contribution < 1.29 is 0 Å². The first-order valence-electron chi connectivity index (χ1n) is 31.9. The number of benzene rings is 17. The van der Waals surface area contributed by atoms with Crippen molar-refractivity contribution in [3.8, 4) is 77.9 Å². The molecule has 0 atom stereocenters. The van der Waals surface area contributed by atoms with Gasteiger partial charge in [0.2, 0.25) is 0 Å². The summed E-state index contributed by atoms with van der Waals surface area (Å²) in [7, 11) is 0. The van der Waals surface area contributed by atoms with Crippen LogP contribution >= 0.6 is 34.0 Å². The Morgan fingerprint density at radius 3 is 0.935 bits per heavy atom. The monoisotopic (exact) mass is 1230 g/mol. The van der Waals surface area contributed by atoms with E-state index < -0.39 is 0 Å². The zero-order valence-electron chi connectivity index (χ0n) is 50.2. The molecule has 0 bridgehead atoms. The van der Waals surface area contributed by atoms with Gasteiger partial charge < -0.3 is 0 Å². The number of fused-ring (bicyclic) bond motifs is 21. The van der Waals surface area contributed by atoms with Crippen LogP contribution in [0.25, 0.3) is 203 Å². The summed E-state index contributed by atoms with van der Waals surface area (Å²) in [6.07, 6.45) is 0. The molecule has 0 fully saturated rings. The smallest absolute Gasteiger partial charge is 0.0434 e. The average Bonchev–Trinajstić information content (AvgIpc) is 1.67. The van der Waals surface area contributed by atoms with Gasteiger partial charge in [0.25, 0.3) is 0 Å². The summed E-state index contributed by atoms with van der Waals surface area (Å²) < 4.78 is 7.90. The fraction of sp³-hybridized carbons (Fsp3) is 0. The van der Waals surface area contributed by atoms with Crippen molar-refractivity contribution in [2.24, 2.45) is 0 Å². The lowest BCUT2D eigenvalue weighted by Crippen LogP contribution is -1.88. The van der Waals surface area contributed by atoms with Gasteiger partial charge in [0.05, 0.1) is 0 Å². The van der Waals surface area contributed by atoms with Crippen molar-refractivity contribution in [3.05, 3.63) is 315 Å². The molecule has 20 rings (SSSR count). The largest absolute Gasteiger partial charge is 0.135 e. The Kier molecular flexibility index (Phi) is 11.8. The zero-order valence-corrected chi connectivity index (χ0v) is 52.7. The Hall–Kier alpha value is -11.0. The minimum absolute atomic E-state index is 1.20. The molecular formula is C90H52S3. The van der Waals surface area contributed by atoms with Gasteiger partial charge in [0.1, 0.15) is 0 Å². The fourth-order valence-electron chi connectivity index (χ4n) is 15.5. The second-order valence-corrected chi connectivity index (χ2v) is 28.0. The summed E-state index contributed by atoms with van der Waals surface area (Å²) in [6, 6.07) is 119. The Morgan fingerprint density at radius 1 is 0.129 bits per heavy atom. The van der Waals surface area contributed by atoms with Gasteiger partial charge in [0, 0.05) is 66.1 Å². The lowest BCUT2D eigenvalue weighted by Gasteiger charge is -2.15. The van der Waals surface area contributed by atoms with Crippen molar-refractivity contribution in [2.75, 3.05) is 0 Å². The maximum atomic E-state index is 2.47. The van der Waals surface area contributed by atoms with Crippen LogP contribution in [-0.2, 0) is 0 Å². The second-order valence-electron chi connectivity index (χ2n) is 24.9. The Labute approximate surface area is 548 Å². The molecule has 3 heterocycles. The van der Waals surface area contributed by atoms with Crippen LogP contribution in [0.5, 0.6) is 0 Å². The topological polar surface area (TPSA) is 0 Å². The Balaban J connectivity index is 0.695. The summed E-state index contributed by atoms with van der Waals surface area (Å²) in [5.74, 6) is 0. The number of rotatable bonds is 7. The molecule has 0 aliphatic heterocycles. The first-order chi connectivity index (χ1) is 46.1. The van der Waals surface area contributed by atoms with E-state index in [0.29, 0.717) is 0 Å². The number of thiophene rings is 3. The summed E-state index contributed by atoms with van der Waals surface area (Å²) in [4.78, 5) is 0. The van der Waals surface area contributed by atoms with E-state index in [1.807, 2.05) is 34.0 Å². The quantitative estimate of drug-likeness (QED) is 0.140. The first kappa shape index (κ1) is 52.7. The van der Waals surface area contributed by atoms with Gasteiger partial charge >= 0.3 is 0 Å². The number of hydrogen-bond acceptors (Lipinski definition) is 3. The highest BCUT2D eigenvalue weighted by Crippen LogP contribution is 2.50. The standard InChI is InChI=1S/C90H52S3/c1-2-18-53(19-3-1)80-51-61(56-41-43-72-69-27-7-9-29-71(69)81-48-55(40-44-74(81)82(72)49-56)54-20-12-21-57(46-54)62-31-14-35-76-75-30-10-11-39-85(75)91-86(62)76)52-84-79-38-17-33-64(89(79)93-90(80)84)59-23-13-22-58(47-59)63-32-15-36-77-78-37-16-34-65(88(78)92-87(63)77)60-42-45-73-68-26-5-4-24-66(68)67-25-6-8-28-70(67)83(73)50-60/h1-52H. The molecule has 0 radical (unpaired) electrons. The van der Waals surface area contributed by atoms with E-state index in [2.05, 4.69) is 315 Å². The molecule has 0 saturated heterocycles. The molecule has 3 aromatic heterocycles. The molecule has 0 nitrogen and oxygen atoms in total. The molecule has 93 heavy (non-hydrogen) atoms. The predicted octanol–water partition coefficient (Wildman–Crippen LogP) is 27.4. The van der Waals surface area contributed by atoms with Gasteiger partial charge in [-0.2, -0.15) is 0 Å². The summed E-state index contributed by atoms with van der Waals surface area (Å²) in [5, 5.41) is 23.2. The molecule has 0 amide bonds. The van der Waals surface area contributed by atoms with Crippen molar-refractivity contribution in [1.82, 2.24) is 0 Å². The van der Waals surface area contributed by atoms with E-state index in [1.165, 1.54) is 203 Å². The van der Waals surface area contributed by atoms with E-state index in [4.69, 9.17) is 0 Å². The molecular weight excluding hydrogens is 1180 g/mol. The number of hydrogen-bond donors (Lipinski definition) is 0. The lowest BCUT2D eigenvalue weighted by atomic mass is 9.89. The van der Waals surface area contributed by atoms with E-state index in [0.717, 1.165) is 0 Å². The van der Waals surface area contributed by atoms with E-state index in [9.17, 15) is 0 Å². The van der Waals surface area contributed by atoms with Crippen LogP contribution in [0.4, 0.5) is 0 Å². The molecule has 0 unspecified atom stereocenters. The van der Waals surface area contributed by atoms with Crippen LogP contribution in [0.2, 0.25) is 0 Å². The van der Waals surface area contributed by atoms with Gasteiger partial charge in [-0.3, -0.25) is 0 Å². The zero-order chi connectivity index (χ0) is 60.8. The van der Waals surface area contributed by atoms with Crippen LogP contribution in [0.3, 0.4) is 0 Å². The predicted molar refractivity (Wildman–Crippen MR) is 408 cm³/mol. The second kappa shape index (κ2) is 20.7. The van der Waals surface area contributed by atoms with Crippen LogP contribution in [0.1, 0.15) is 0 Å². The molecule has 20 aromatic rings.